The van der Waals surface area contributed by atoms with E-state index >= 15 is 0 Å². The molecule has 1 aromatic carbocycles. The third-order valence-electron chi connectivity index (χ3n) is 4.32. The zero-order valence-corrected chi connectivity index (χ0v) is 13.5. The van der Waals surface area contributed by atoms with E-state index in [0.717, 1.165) is 5.56 Å². The minimum absolute atomic E-state index is 0.0573. The molecule has 2 fully saturated rings. The number of rotatable bonds is 3. The molecule has 2 aliphatic heterocycles. The number of piperazine rings is 1. The van der Waals surface area contributed by atoms with Crippen LogP contribution in [0.3, 0.4) is 0 Å². The summed E-state index contributed by atoms with van der Waals surface area (Å²) in [7, 11) is 0. The first-order valence-electron chi connectivity index (χ1n) is 7.75. The van der Waals surface area contributed by atoms with Crippen molar-refractivity contribution in [2.75, 3.05) is 26.2 Å². The van der Waals surface area contributed by atoms with Gasteiger partial charge in [-0.15, -0.1) is 0 Å². The Balaban J connectivity index is 1.56. The van der Waals surface area contributed by atoms with Gasteiger partial charge in [-0.3, -0.25) is 9.59 Å². The number of nitrogens with zero attached hydrogens (tertiary/aromatic N) is 2. The summed E-state index contributed by atoms with van der Waals surface area (Å²) in [4.78, 5) is 28.0. The van der Waals surface area contributed by atoms with E-state index in [-0.39, 0.29) is 24.4 Å². The zero-order chi connectivity index (χ0) is 16.4. The average Bonchev–Trinajstić information content (AvgIpc) is 2.97. The van der Waals surface area contributed by atoms with E-state index in [1.807, 2.05) is 12.1 Å². The van der Waals surface area contributed by atoms with Crippen LogP contribution >= 0.6 is 11.6 Å². The number of aliphatic hydroxyl groups is 1. The van der Waals surface area contributed by atoms with Crippen molar-refractivity contribution in [3.05, 3.63) is 34.9 Å². The van der Waals surface area contributed by atoms with Gasteiger partial charge < -0.3 is 20.2 Å². The Hall–Kier alpha value is -1.63. The van der Waals surface area contributed by atoms with Crippen LogP contribution in [0.1, 0.15) is 12.0 Å². The Kier molecular flexibility index (Phi) is 4.84. The number of halogens is 1. The van der Waals surface area contributed by atoms with Gasteiger partial charge in [0, 0.05) is 31.2 Å². The van der Waals surface area contributed by atoms with Crippen LogP contribution < -0.4 is 5.32 Å². The standard InChI is InChI=1S/C16H20ClN3O3/c17-12-3-1-11(2-4-12)9-19-5-6-20(10-15(19)22)16(23)14-7-13(21)8-18-14/h1-4,13-14,18,21H,5-10H2. The summed E-state index contributed by atoms with van der Waals surface area (Å²) in [5, 5.41) is 13.2. The molecule has 0 radical (unpaired) electrons. The summed E-state index contributed by atoms with van der Waals surface area (Å²) in [5.41, 5.74) is 1.02. The molecular weight excluding hydrogens is 318 g/mol. The molecule has 2 heterocycles. The molecule has 23 heavy (non-hydrogen) atoms. The zero-order valence-electron chi connectivity index (χ0n) is 12.7. The minimum Gasteiger partial charge on any atom is -0.392 e. The first-order chi connectivity index (χ1) is 11.0. The number of amides is 2. The fourth-order valence-electron chi connectivity index (χ4n) is 3.00. The average molecular weight is 338 g/mol. The highest BCUT2D eigenvalue weighted by atomic mass is 35.5. The van der Waals surface area contributed by atoms with Gasteiger partial charge in [0.1, 0.15) is 0 Å². The fraction of sp³-hybridized carbons (Fsp3) is 0.500. The summed E-state index contributed by atoms with van der Waals surface area (Å²) in [6, 6.07) is 7.03. The number of β-amino-alcohol motifs (C(OH)–C–C–N with tert-alkyl or cyclic N) is 1. The van der Waals surface area contributed by atoms with Crippen LogP contribution in [0, 0.1) is 0 Å². The summed E-state index contributed by atoms with van der Waals surface area (Å²) >= 11 is 5.86. The normalized spacial score (nSPS) is 25.0. The Morgan fingerprint density at radius 1 is 1.30 bits per heavy atom. The highest BCUT2D eigenvalue weighted by Gasteiger charge is 2.34. The van der Waals surface area contributed by atoms with Gasteiger partial charge in [-0.05, 0) is 24.1 Å². The molecule has 2 aliphatic rings. The van der Waals surface area contributed by atoms with Gasteiger partial charge in [-0.1, -0.05) is 23.7 Å². The molecule has 124 valence electrons. The van der Waals surface area contributed by atoms with E-state index < -0.39 is 6.10 Å². The van der Waals surface area contributed by atoms with Crippen LogP contribution in [-0.4, -0.2) is 65.0 Å². The van der Waals surface area contributed by atoms with Crippen LogP contribution in [0.25, 0.3) is 0 Å². The van der Waals surface area contributed by atoms with Crippen LogP contribution in [-0.2, 0) is 16.1 Å². The van der Waals surface area contributed by atoms with Gasteiger partial charge in [0.25, 0.3) is 0 Å². The summed E-state index contributed by atoms with van der Waals surface area (Å²) in [6.07, 6.45) is -0.0660. The van der Waals surface area contributed by atoms with Gasteiger partial charge in [0.15, 0.2) is 0 Å². The van der Waals surface area contributed by atoms with Crippen molar-refractivity contribution in [2.24, 2.45) is 0 Å². The number of carbonyl (C=O) groups excluding carboxylic acids is 2. The van der Waals surface area contributed by atoms with E-state index in [4.69, 9.17) is 11.6 Å². The first-order valence-corrected chi connectivity index (χ1v) is 8.13. The maximum atomic E-state index is 12.4. The van der Waals surface area contributed by atoms with Crippen molar-refractivity contribution < 1.29 is 14.7 Å². The molecule has 2 saturated heterocycles. The number of hydrogen-bond donors (Lipinski definition) is 2. The number of carbonyl (C=O) groups is 2. The lowest BCUT2D eigenvalue weighted by molar-refractivity contribution is -0.146. The highest BCUT2D eigenvalue weighted by Crippen LogP contribution is 2.15. The van der Waals surface area contributed by atoms with Crippen molar-refractivity contribution in [2.45, 2.75) is 25.1 Å². The predicted octanol–water partition coefficient (Wildman–Crippen LogP) is 0.234. The lowest BCUT2D eigenvalue weighted by Gasteiger charge is -2.35. The molecule has 0 aliphatic carbocycles. The Morgan fingerprint density at radius 3 is 2.65 bits per heavy atom. The number of nitrogens with one attached hydrogen (secondary N) is 1. The van der Waals surface area contributed by atoms with Crippen molar-refractivity contribution in [3.8, 4) is 0 Å². The third kappa shape index (κ3) is 3.83. The lowest BCUT2D eigenvalue weighted by Crippen LogP contribution is -2.55. The summed E-state index contributed by atoms with van der Waals surface area (Å²) in [5.74, 6) is -0.154. The fourth-order valence-corrected chi connectivity index (χ4v) is 3.13. The van der Waals surface area contributed by atoms with Crippen molar-refractivity contribution in [1.29, 1.82) is 0 Å². The maximum absolute atomic E-state index is 12.4. The van der Waals surface area contributed by atoms with Crippen LogP contribution in [0.5, 0.6) is 0 Å². The van der Waals surface area contributed by atoms with E-state index in [1.165, 1.54) is 0 Å². The molecule has 2 atom stereocenters. The highest BCUT2D eigenvalue weighted by molar-refractivity contribution is 6.30. The lowest BCUT2D eigenvalue weighted by atomic mass is 10.1. The smallest absolute Gasteiger partial charge is 0.242 e. The third-order valence-corrected chi connectivity index (χ3v) is 4.57. The van der Waals surface area contributed by atoms with Crippen molar-refractivity contribution >= 4 is 23.4 Å². The Morgan fingerprint density at radius 2 is 2.04 bits per heavy atom. The van der Waals surface area contributed by atoms with E-state index in [1.54, 1.807) is 21.9 Å². The van der Waals surface area contributed by atoms with Crippen molar-refractivity contribution in [3.63, 3.8) is 0 Å². The molecule has 7 heteroatoms. The van der Waals surface area contributed by atoms with E-state index in [2.05, 4.69) is 5.32 Å². The molecule has 0 saturated carbocycles. The molecule has 0 bridgehead atoms. The monoisotopic (exact) mass is 337 g/mol. The second-order valence-corrected chi connectivity index (χ2v) is 6.49. The number of hydrogen-bond acceptors (Lipinski definition) is 4. The summed E-state index contributed by atoms with van der Waals surface area (Å²) < 4.78 is 0. The molecular formula is C16H20ClN3O3. The van der Waals surface area contributed by atoms with Crippen LogP contribution in [0.2, 0.25) is 5.02 Å². The van der Waals surface area contributed by atoms with Gasteiger partial charge in [0.2, 0.25) is 11.8 Å². The van der Waals surface area contributed by atoms with E-state index in [9.17, 15) is 14.7 Å². The van der Waals surface area contributed by atoms with E-state index in [0.29, 0.717) is 37.6 Å². The van der Waals surface area contributed by atoms with Crippen LogP contribution in [0.4, 0.5) is 0 Å². The minimum atomic E-state index is -0.481. The Labute approximate surface area is 140 Å². The van der Waals surface area contributed by atoms with Crippen molar-refractivity contribution in [1.82, 2.24) is 15.1 Å². The second kappa shape index (κ2) is 6.86. The summed E-state index contributed by atoms with van der Waals surface area (Å²) in [6.45, 7) is 2.09. The number of benzene rings is 1. The van der Waals surface area contributed by atoms with Gasteiger partial charge >= 0.3 is 0 Å². The van der Waals surface area contributed by atoms with Gasteiger partial charge in [-0.25, -0.2) is 0 Å². The first kappa shape index (κ1) is 16.2. The predicted molar refractivity (Wildman–Crippen MR) is 85.9 cm³/mol. The van der Waals surface area contributed by atoms with Gasteiger partial charge in [-0.2, -0.15) is 0 Å². The molecule has 0 aromatic heterocycles. The molecule has 2 amide bonds. The maximum Gasteiger partial charge on any atom is 0.242 e. The number of aliphatic hydroxyl groups excluding tert-OH is 1. The molecule has 1 aromatic rings. The van der Waals surface area contributed by atoms with Gasteiger partial charge in [0.05, 0.1) is 18.7 Å². The molecule has 2 unspecified atom stereocenters. The second-order valence-electron chi connectivity index (χ2n) is 6.05. The molecule has 2 N–H and O–H groups in total. The topological polar surface area (TPSA) is 72.9 Å². The van der Waals surface area contributed by atoms with Crippen LogP contribution in [0.15, 0.2) is 24.3 Å². The SMILES string of the molecule is O=C1CN(C(=O)C2CC(O)CN2)CCN1Cc1ccc(Cl)cc1. The molecule has 3 rings (SSSR count). The largest absolute Gasteiger partial charge is 0.392 e. The molecule has 6 nitrogen and oxygen atoms in total. The Bertz CT molecular complexity index is 593. The molecule has 0 spiro atoms. The quantitative estimate of drug-likeness (QED) is 0.828.